The Hall–Kier alpha value is -0.910. The second-order valence-electron chi connectivity index (χ2n) is 4.23. The third-order valence-corrected chi connectivity index (χ3v) is 3.78. The van der Waals surface area contributed by atoms with Gasteiger partial charge in [-0.25, -0.2) is 0 Å². The normalized spacial score (nSPS) is 18.5. The van der Waals surface area contributed by atoms with Crippen LogP contribution in [0, 0.1) is 0 Å². The SMILES string of the molecule is CCOC(=O)CC(c1ccsc1)N1CCOCC1. The molecule has 1 aliphatic heterocycles. The molecule has 0 radical (unpaired) electrons. The summed E-state index contributed by atoms with van der Waals surface area (Å²) < 4.78 is 10.4. The molecule has 1 atom stereocenters. The minimum absolute atomic E-state index is 0.124. The lowest BCUT2D eigenvalue weighted by Crippen LogP contribution is -2.39. The zero-order chi connectivity index (χ0) is 12.8. The molecule has 4 nitrogen and oxygen atoms in total. The standard InChI is InChI=1S/C13H19NO3S/c1-2-17-13(15)9-12(11-3-8-18-10-11)14-4-6-16-7-5-14/h3,8,10,12H,2,4-7,9H2,1H3. The van der Waals surface area contributed by atoms with E-state index in [1.165, 1.54) is 5.56 Å². The Morgan fingerprint density at radius 1 is 1.56 bits per heavy atom. The lowest BCUT2D eigenvalue weighted by atomic mass is 10.1. The molecular weight excluding hydrogens is 250 g/mol. The van der Waals surface area contributed by atoms with Crippen LogP contribution >= 0.6 is 11.3 Å². The van der Waals surface area contributed by atoms with Gasteiger partial charge in [0, 0.05) is 19.1 Å². The molecule has 1 unspecified atom stereocenters. The maximum Gasteiger partial charge on any atom is 0.307 e. The van der Waals surface area contributed by atoms with Crippen LogP contribution in [0.1, 0.15) is 24.9 Å². The second kappa shape index (κ2) is 6.87. The highest BCUT2D eigenvalue weighted by Crippen LogP contribution is 2.27. The van der Waals surface area contributed by atoms with E-state index in [0.29, 0.717) is 13.0 Å². The molecule has 0 spiro atoms. The first-order chi connectivity index (χ1) is 8.81. The Balaban J connectivity index is 2.05. The summed E-state index contributed by atoms with van der Waals surface area (Å²) in [6, 6.07) is 2.21. The lowest BCUT2D eigenvalue weighted by Gasteiger charge is -2.33. The molecule has 2 rings (SSSR count). The van der Waals surface area contributed by atoms with Crippen molar-refractivity contribution in [3.05, 3.63) is 22.4 Å². The van der Waals surface area contributed by atoms with Gasteiger partial charge < -0.3 is 9.47 Å². The van der Waals surface area contributed by atoms with Crippen molar-refractivity contribution in [1.82, 2.24) is 4.90 Å². The molecule has 0 N–H and O–H groups in total. The highest BCUT2D eigenvalue weighted by atomic mass is 32.1. The molecule has 0 bridgehead atoms. The van der Waals surface area contributed by atoms with Crippen LogP contribution in [0.25, 0.3) is 0 Å². The Bertz CT molecular complexity index is 360. The summed E-state index contributed by atoms with van der Waals surface area (Å²) in [5, 5.41) is 4.16. The number of esters is 1. The fraction of sp³-hybridized carbons (Fsp3) is 0.615. The van der Waals surface area contributed by atoms with Crippen LogP contribution in [0.15, 0.2) is 16.8 Å². The van der Waals surface area contributed by atoms with Gasteiger partial charge in [-0.05, 0) is 29.3 Å². The van der Waals surface area contributed by atoms with Crippen molar-refractivity contribution in [3.8, 4) is 0 Å². The van der Waals surface area contributed by atoms with Gasteiger partial charge in [0.25, 0.3) is 0 Å². The molecule has 5 heteroatoms. The fourth-order valence-electron chi connectivity index (χ4n) is 2.19. The van der Waals surface area contributed by atoms with Crippen LogP contribution in [-0.2, 0) is 14.3 Å². The summed E-state index contributed by atoms with van der Waals surface area (Å²) in [5.74, 6) is -0.125. The number of ether oxygens (including phenoxy) is 2. The van der Waals surface area contributed by atoms with Gasteiger partial charge in [-0.3, -0.25) is 9.69 Å². The fourth-order valence-corrected chi connectivity index (χ4v) is 2.90. The molecule has 1 aromatic heterocycles. The molecule has 0 amide bonds. The first-order valence-corrected chi connectivity index (χ1v) is 7.25. The molecule has 1 aliphatic rings. The highest BCUT2D eigenvalue weighted by Gasteiger charge is 2.25. The number of hydrogen-bond donors (Lipinski definition) is 0. The third kappa shape index (κ3) is 3.54. The summed E-state index contributed by atoms with van der Waals surface area (Å²) in [5.41, 5.74) is 1.20. The Labute approximate surface area is 111 Å². The number of thiophene rings is 1. The van der Waals surface area contributed by atoms with E-state index >= 15 is 0 Å². The molecule has 1 aromatic rings. The lowest BCUT2D eigenvalue weighted by molar-refractivity contribution is -0.145. The van der Waals surface area contributed by atoms with E-state index in [1.54, 1.807) is 11.3 Å². The first kappa shape index (κ1) is 13.5. The zero-order valence-electron chi connectivity index (χ0n) is 10.6. The van der Waals surface area contributed by atoms with Crippen molar-refractivity contribution < 1.29 is 14.3 Å². The minimum atomic E-state index is -0.125. The van der Waals surface area contributed by atoms with Crippen molar-refractivity contribution in [2.75, 3.05) is 32.9 Å². The first-order valence-electron chi connectivity index (χ1n) is 6.30. The molecule has 2 heterocycles. The largest absolute Gasteiger partial charge is 0.466 e. The third-order valence-electron chi connectivity index (χ3n) is 3.08. The number of carbonyl (C=O) groups is 1. The van der Waals surface area contributed by atoms with Crippen molar-refractivity contribution in [2.24, 2.45) is 0 Å². The summed E-state index contributed by atoms with van der Waals surface area (Å²) in [4.78, 5) is 14.0. The average Bonchev–Trinajstić information content (AvgIpc) is 2.91. The van der Waals surface area contributed by atoms with Crippen LogP contribution in [-0.4, -0.2) is 43.8 Å². The van der Waals surface area contributed by atoms with Gasteiger partial charge in [-0.2, -0.15) is 11.3 Å². The van der Waals surface area contributed by atoms with Gasteiger partial charge in [0.05, 0.1) is 26.2 Å². The smallest absolute Gasteiger partial charge is 0.307 e. The van der Waals surface area contributed by atoms with Gasteiger partial charge in [-0.1, -0.05) is 0 Å². The summed E-state index contributed by atoms with van der Waals surface area (Å²) >= 11 is 1.66. The molecule has 1 fully saturated rings. The van der Waals surface area contributed by atoms with Gasteiger partial charge >= 0.3 is 5.97 Å². The van der Waals surface area contributed by atoms with Crippen LogP contribution < -0.4 is 0 Å². The predicted molar refractivity (Wildman–Crippen MR) is 70.7 cm³/mol. The molecule has 1 saturated heterocycles. The maximum absolute atomic E-state index is 11.7. The molecular formula is C13H19NO3S. The number of morpholine rings is 1. The van der Waals surface area contributed by atoms with Gasteiger partial charge in [0.2, 0.25) is 0 Å². The number of rotatable bonds is 5. The van der Waals surface area contributed by atoms with Gasteiger partial charge in [0.15, 0.2) is 0 Å². The Kier molecular flexibility index (Phi) is 5.16. The van der Waals surface area contributed by atoms with E-state index in [4.69, 9.17) is 9.47 Å². The average molecular weight is 269 g/mol. The molecule has 18 heavy (non-hydrogen) atoms. The van der Waals surface area contributed by atoms with E-state index in [1.807, 2.05) is 12.3 Å². The van der Waals surface area contributed by atoms with Gasteiger partial charge in [0.1, 0.15) is 0 Å². The quantitative estimate of drug-likeness (QED) is 0.767. The van der Waals surface area contributed by atoms with Crippen molar-refractivity contribution in [1.29, 1.82) is 0 Å². The molecule has 0 saturated carbocycles. The number of nitrogens with zero attached hydrogens (tertiary/aromatic N) is 1. The maximum atomic E-state index is 11.7. The number of hydrogen-bond acceptors (Lipinski definition) is 5. The number of carbonyl (C=O) groups excluding carboxylic acids is 1. The van der Waals surface area contributed by atoms with E-state index in [2.05, 4.69) is 16.3 Å². The van der Waals surface area contributed by atoms with E-state index in [0.717, 1.165) is 26.3 Å². The van der Waals surface area contributed by atoms with Crippen LogP contribution in [0.3, 0.4) is 0 Å². The van der Waals surface area contributed by atoms with Crippen molar-refractivity contribution in [3.63, 3.8) is 0 Å². The Morgan fingerprint density at radius 2 is 2.33 bits per heavy atom. The summed E-state index contributed by atoms with van der Waals surface area (Å²) in [7, 11) is 0. The highest BCUT2D eigenvalue weighted by molar-refractivity contribution is 7.07. The second-order valence-corrected chi connectivity index (χ2v) is 5.01. The van der Waals surface area contributed by atoms with Crippen LogP contribution in [0.2, 0.25) is 0 Å². The summed E-state index contributed by atoms with van der Waals surface area (Å²) in [6.45, 7) is 5.51. The van der Waals surface area contributed by atoms with E-state index < -0.39 is 0 Å². The topological polar surface area (TPSA) is 38.8 Å². The molecule has 100 valence electrons. The monoisotopic (exact) mass is 269 g/mol. The van der Waals surface area contributed by atoms with Gasteiger partial charge in [-0.15, -0.1) is 0 Å². The predicted octanol–water partition coefficient (Wildman–Crippen LogP) is 2.07. The van der Waals surface area contributed by atoms with Crippen molar-refractivity contribution in [2.45, 2.75) is 19.4 Å². The summed E-state index contributed by atoms with van der Waals surface area (Å²) in [6.07, 6.45) is 0.421. The zero-order valence-corrected chi connectivity index (χ0v) is 11.4. The Morgan fingerprint density at radius 3 is 2.94 bits per heavy atom. The van der Waals surface area contributed by atoms with E-state index in [9.17, 15) is 4.79 Å². The van der Waals surface area contributed by atoms with E-state index in [-0.39, 0.29) is 12.0 Å². The molecule has 0 aromatic carbocycles. The van der Waals surface area contributed by atoms with Crippen molar-refractivity contribution >= 4 is 17.3 Å². The molecule has 0 aliphatic carbocycles. The van der Waals surface area contributed by atoms with Crippen LogP contribution in [0.5, 0.6) is 0 Å². The van der Waals surface area contributed by atoms with Crippen LogP contribution in [0.4, 0.5) is 0 Å². The minimum Gasteiger partial charge on any atom is -0.466 e.